The minimum absolute atomic E-state index is 0.205. The van der Waals surface area contributed by atoms with E-state index in [4.69, 9.17) is 10.5 Å². The molecule has 0 atom stereocenters. The second-order valence-corrected chi connectivity index (χ2v) is 4.66. The van der Waals surface area contributed by atoms with Crippen molar-refractivity contribution in [1.29, 1.82) is 0 Å². The van der Waals surface area contributed by atoms with Crippen LogP contribution in [0.3, 0.4) is 0 Å². The van der Waals surface area contributed by atoms with Crippen LogP contribution in [0.25, 0.3) is 10.9 Å². The van der Waals surface area contributed by atoms with Crippen LogP contribution in [0.5, 0.6) is 0 Å². The number of fused-ring (bicyclic) bond motifs is 1. The minimum atomic E-state index is -0.256. The lowest BCUT2D eigenvalue weighted by Gasteiger charge is -2.09. The zero-order chi connectivity index (χ0) is 13.1. The molecule has 18 heavy (non-hydrogen) atoms. The lowest BCUT2D eigenvalue weighted by molar-refractivity contribution is -0.142. The Morgan fingerprint density at radius 2 is 2.28 bits per heavy atom. The fourth-order valence-corrected chi connectivity index (χ4v) is 2.27. The predicted molar refractivity (Wildman–Crippen MR) is 74.2 cm³/mol. The van der Waals surface area contributed by atoms with Gasteiger partial charge in [-0.2, -0.15) is 0 Å². The van der Waals surface area contributed by atoms with Crippen molar-refractivity contribution in [2.24, 2.45) is 0 Å². The van der Waals surface area contributed by atoms with E-state index in [2.05, 4.69) is 20.9 Å². The van der Waals surface area contributed by atoms with Crippen molar-refractivity contribution in [2.75, 3.05) is 12.3 Å². The molecule has 0 aliphatic rings. The molecule has 0 radical (unpaired) electrons. The molecule has 1 aromatic heterocycles. The van der Waals surface area contributed by atoms with E-state index in [-0.39, 0.29) is 12.4 Å². The molecule has 94 valence electrons. The third kappa shape index (κ3) is 2.46. The van der Waals surface area contributed by atoms with Crippen molar-refractivity contribution in [3.8, 4) is 0 Å². The summed E-state index contributed by atoms with van der Waals surface area (Å²) < 4.78 is 5.75. The van der Waals surface area contributed by atoms with E-state index in [1.807, 2.05) is 12.1 Å². The Balaban J connectivity index is 2.51. The second kappa shape index (κ2) is 5.35. The Bertz CT molecular complexity index is 599. The second-order valence-electron chi connectivity index (χ2n) is 3.81. The number of esters is 1. The lowest BCUT2D eigenvalue weighted by Crippen LogP contribution is -2.09. The first-order chi connectivity index (χ1) is 8.63. The van der Waals surface area contributed by atoms with Gasteiger partial charge >= 0.3 is 5.97 Å². The third-order valence-corrected chi connectivity index (χ3v) is 3.30. The zero-order valence-electron chi connectivity index (χ0n) is 9.94. The number of hydrogen-bond acceptors (Lipinski definition) is 4. The number of ether oxygens (including phenoxy) is 1. The summed E-state index contributed by atoms with van der Waals surface area (Å²) in [7, 11) is 0. The van der Waals surface area contributed by atoms with Gasteiger partial charge in [0, 0.05) is 16.1 Å². The van der Waals surface area contributed by atoms with E-state index in [0.29, 0.717) is 17.8 Å². The molecule has 2 N–H and O–H groups in total. The van der Waals surface area contributed by atoms with Gasteiger partial charge < -0.3 is 10.5 Å². The number of nitrogen functional groups attached to an aromatic ring is 1. The van der Waals surface area contributed by atoms with E-state index >= 15 is 0 Å². The largest absolute Gasteiger partial charge is 0.466 e. The molecule has 0 bridgehead atoms. The minimum Gasteiger partial charge on any atom is -0.466 e. The van der Waals surface area contributed by atoms with Crippen LogP contribution in [0.15, 0.2) is 28.9 Å². The summed E-state index contributed by atoms with van der Waals surface area (Å²) in [6.45, 7) is 2.16. The maximum atomic E-state index is 11.6. The Kier molecular flexibility index (Phi) is 3.81. The standard InChI is InChI=1S/C13H13BrN2O2/c1-2-18-12(17)6-9-8-4-3-5-11(15)13(8)16-7-10(9)14/h3-5,7H,2,6,15H2,1H3. The number of hydrogen-bond donors (Lipinski definition) is 1. The molecular weight excluding hydrogens is 296 g/mol. The number of carbonyl (C=O) groups excluding carboxylic acids is 1. The maximum absolute atomic E-state index is 11.6. The van der Waals surface area contributed by atoms with Gasteiger partial charge in [0.25, 0.3) is 0 Å². The molecule has 0 unspecified atom stereocenters. The van der Waals surface area contributed by atoms with Crippen LogP contribution < -0.4 is 5.73 Å². The number of anilines is 1. The number of rotatable bonds is 3. The number of nitrogens with zero attached hydrogens (tertiary/aromatic N) is 1. The molecule has 0 saturated heterocycles. The van der Waals surface area contributed by atoms with E-state index in [1.165, 1.54) is 0 Å². The average Bonchev–Trinajstić information content (AvgIpc) is 2.33. The molecule has 2 rings (SSSR count). The van der Waals surface area contributed by atoms with Gasteiger partial charge in [0.1, 0.15) is 0 Å². The summed E-state index contributed by atoms with van der Waals surface area (Å²) in [6, 6.07) is 5.54. The number of halogens is 1. The molecular formula is C13H13BrN2O2. The fourth-order valence-electron chi connectivity index (χ4n) is 1.81. The summed E-state index contributed by atoms with van der Waals surface area (Å²) in [4.78, 5) is 15.9. The normalized spacial score (nSPS) is 10.6. The van der Waals surface area contributed by atoms with Crippen LogP contribution >= 0.6 is 15.9 Å². The molecule has 4 nitrogen and oxygen atoms in total. The first-order valence-electron chi connectivity index (χ1n) is 5.60. The van der Waals surface area contributed by atoms with E-state index in [9.17, 15) is 4.79 Å². The molecule has 0 saturated carbocycles. The van der Waals surface area contributed by atoms with Gasteiger partial charge in [0.2, 0.25) is 0 Å². The van der Waals surface area contributed by atoms with Crippen LogP contribution in [0, 0.1) is 0 Å². The SMILES string of the molecule is CCOC(=O)Cc1c(Br)cnc2c(N)cccc12. The first kappa shape index (κ1) is 12.8. The van der Waals surface area contributed by atoms with Gasteiger partial charge in [-0.1, -0.05) is 12.1 Å². The summed E-state index contributed by atoms with van der Waals surface area (Å²) in [5, 5.41) is 0.873. The molecule has 1 aromatic carbocycles. The van der Waals surface area contributed by atoms with E-state index in [1.54, 1.807) is 19.2 Å². The van der Waals surface area contributed by atoms with Gasteiger partial charge in [0.15, 0.2) is 0 Å². The van der Waals surface area contributed by atoms with E-state index < -0.39 is 0 Å². The predicted octanol–water partition coefficient (Wildman–Crippen LogP) is 2.69. The molecule has 0 aliphatic carbocycles. The Morgan fingerprint density at radius 1 is 1.50 bits per heavy atom. The number of aromatic nitrogens is 1. The maximum Gasteiger partial charge on any atom is 0.310 e. The van der Waals surface area contributed by atoms with Crippen LogP contribution in [0.4, 0.5) is 5.69 Å². The van der Waals surface area contributed by atoms with Crippen molar-refractivity contribution in [3.63, 3.8) is 0 Å². The lowest BCUT2D eigenvalue weighted by atomic mass is 10.1. The molecule has 0 aliphatic heterocycles. The smallest absolute Gasteiger partial charge is 0.310 e. The molecule has 1 heterocycles. The fraction of sp³-hybridized carbons (Fsp3) is 0.231. The van der Waals surface area contributed by atoms with Crippen molar-refractivity contribution in [1.82, 2.24) is 4.98 Å². The molecule has 0 spiro atoms. The van der Waals surface area contributed by atoms with Crippen LogP contribution in [-0.4, -0.2) is 17.6 Å². The number of pyridine rings is 1. The summed E-state index contributed by atoms with van der Waals surface area (Å²) in [6.07, 6.45) is 1.87. The number of carbonyl (C=O) groups is 1. The Morgan fingerprint density at radius 3 is 3.00 bits per heavy atom. The van der Waals surface area contributed by atoms with Crippen LogP contribution in [0.2, 0.25) is 0 Å². The highest BCUT2D eigenvalue weighted by Gasteiger charge is 2.13. The highest BCUT2D eigenvalue weighted by Crippen LogP contribution is 2.28. The Labute approximate surface area is 113 Å². The molecule has 5 heteroatoms. The van der Waals surface area contributed by atoms with Gasteiger partial charge in [-0.05, 0) is 34.5 Å². The van der Waals surface area contributed by atoms with Gasteiger partial charge in [-0.15, -0.1) is 0 Å². The summed E-state index contributed by atoms with van der Waals surface area (Å²) in [5.74, 6) is -0.256. The zero-order valence-corrected chi connectivity index (χ0v) is 11.5. The topological polar surface area (TPSA) is 65.2 Å². The monoisotopic (exact) mass is 308 g/mol. The van der Waals surface area contributed by atoms with Crippen molar-refractivity contribution in [2.45, 2.75) is 13.3 Å². The highest BCUT2D eigenvalue weighted by atomic mass is 79.9. The van der Waals surface area contributed by atoms with Crippen LogP contribution in [-0.2, 0) is 16.0 Å². The summed E-state index contributed by atoms with van der Waals surface area (Å²) >= 11 is 3.41. The molecule has 0 amide bonds. The van der Waals surface area contributed by atoms with Gasteiger partial charge in [-0.3, -0.25) is 9.78 Å². The first-order valence-corrected chi connectivity index (χ1v) is 6.40. The quantitative estimate of drug-likeness (QED) is 0.699. The molecule has 2 aromatic rings. The summed E-state index contributed by atoms with van der Waals surface area (Å²) in [5.41, 5.74) is 8.03. The number of nitrogens with two attached hydrogens (primary N) is 1. The number of benzene rings is 1. The van der Waals surface area contributed by atoms with Crippen molar-refractivity contribution >= 4 is 38.5 Å². The number of para-hydroxylation sites is 1. The van der Waals surface area contributed by atoms with Crippen LogP contribution in [0.1, 0.15) is 12.5 Å². The van der Waals surface area contributed by atoms with Crippen molar-refractivity contribution in [3.05, 3.63) is 34.4 Å². The van der Waals surface area contributed by atoms with Gasteiger partial charge in [-0.25, -0.2) is 0 Å². The molecule has 0 fully saturated rings. The average molecular weight is 309 g/mol. The Hall–Kier alpha value is -1.62. The third-order valence-electron chi connectivity index (χ3n) is 2.61. The highest BCUT2D eigenvalue weighted by molar-refractivity contribution is 9.10. The van der Waals surface area contributed by atoms with E-state index in [0.717, 1.165) is 15.4 Å². The van der Waals surface area contributed by atoms with Gasteiger partial charge in [0.05, 0.1) is 24.2 Å². The van der Waals surface area contributed by atoms with Crippen molar-refractivity contribution < 1.29 is 9.53 Å².